The zero-order chi connectivity index (χ0) is 34.0. The number of allylic oxidation sites excluding steroid dienone is 9. The number of benzene rings is 4. The van der Waals surface area contributed by atoms with E-state index >= 15 is 0 Å². The molecule has 49 heavy (non-hydrogen) atoms. The molecular formula is C46H45N3. The topological polar surface area (TPSA) is 27.6 Å². The van der Waals surface area contributed by atoms with E-state index < -0.39 is 0 Å². The van der Waals surface area contributed by atoms with E-state index in [4.69, 9.17) is 11.4 Å². The number of hydrogen-bond acceptors (Lipinski definition) is 3. The molecule has 1 aliphatic heterocycles. The number of rotatable bonds is 11. The average Bonchev–Trinajstić information content (AvgIpc) is 3.54. The van der Waals surface area contributed by atoms with Gasteiger partial charge in [0.1, 0.15) is 6.17 Å². The molecule has 4 aromatic carbocycles. The second kappa shape index (κ2) is 16.0. The van der Waals surface area contributed by atoms with Gasteiger partial charge in [-0.15, -0.1) is 6.42 Å². The summed E-state index contributed by atoms with van der Waals surface area (Å²) in [6, 6.07) is 39.1. The Morgan fingerprint density at radius 3 is 2.33 bits per heavy atom. The van der Waals surface area contributed by atoms with Gasteiger partial charge < -0.3 is 10.2 Å². The van der Waals surface area contributed by atoms with Crippen LogP contribution in [0.15, 0.2) is 167 Å². The lowest BCUT2D eigenvalue weighted by molar-refractivity contribution is 0.634. The minimum Gasteiger partial charge on any atom is -0.363 e. The third-order valence-corrected chi connectivity index (χ3v) is 9.26. The summed E-state index contributed by atoms with van der Waals surface area (Å²) in [5.41, 5.74) is 14.3. The van der Waals surface area contributed by atoms with Gasteiger partial charge in [-0.1, -0.05) is 134 Å². The number of aryl methyl sites for hydroxylation is 2. The minimum absolute atomic E-state index is 0.00994. The fraction of sp³-hybridized carbons (Fsp3) is 0.196. The van der Waals surface area contributed by atoms with Crippen LogP contribution in [0.25, 0.3) is 5.57 Å². The van der Waals surface area contributed by atoms with Crippen molar-refractivity contribution in [3.8, 4) is 12.3 Å². The predicted molar refractivity (Wildman–Crippen MR) is 208 cm³/mol. The molecule has 1 heterocycles. The van der Waals surface area contributed by atoms with Crippen LogP contribution in [-0.2, 0) is 6.42 Å². The van der Waals surface area contributed by atoms with Crippen molar-refractivity contribution in [1.82, 2.24) is 5.32 Å². The van der Waals surface area contributed by atoms with Crippen LogP contribution in [0.2, 0.25) is 0 Å². The van der Waals surface area contributed by atoms with Crippen molar-refractivity contribution < 1.29 is 0 Å². The van der Waals surface area contributed by atoms with Crippen molar-refractivity contribution in [2.24, 2.45) is 4.99 Å². The maximum absolute atomic E-state index is 5.65. The second-order valence-corrected chi connectivity index (χ2v) is 12.6. The van der Waals surface area contributed by atoms with Gasteiger partial charge >= 0.3 is 0 Å². The summed E-state index contributed by atoms with van der Waals surface area (Å²) in [5, 5.41) is 3.87. The van der Waals surface area contributed by atoms with Gasteiger partial charge in [0, 0.05) is 28.4 Å². The van der Waals surface area contributed by atoms with Crippen LogP contribution >= 0.6 is 0 Å². The Hall–Kier alpha value is -5.59. The van der Waals surface area contributed by atoms with Gasteiger partial charge in [0.25, 0.3) is 0 Å². The highest BCUT2D eigenvalue weighted by Crippen LogP contribution is 2.40. The lowest BCUT2D eigenvalue weighted by atomic mass is 9.89. The Kier molecular flexibility index (Phi) is 10.9. The van der Waals surface area contributed by atoms with Crippen LogP contribution in [0.3, 0.4) is 0 Å². The first-order chi connectivity index (χ1) is 24.1. The number of hydrogen-bond donors (Lipinski definition) is 1. The molecule has 1 atom stereocenters. The Bertz CT molecular complexity index is 1960. The quantitative estimate of drug-likeness (QED) is 0.100. The van der Waals surface area contributed by atoms with Crippen molar-refractivity contribution in [3.63, 3.8) is 0 Å². The van der Waals surface area contributed by atoms with Crippen molar-refractivity contribution in [2.75, 3.05) is 4.90 Å². The van der Waals surface area contributed by atoms with E-state index in [1.165, 1.54) is 39.3 Å². The van der Waals surface area contributed by atoms with E-state index in [-0.39, 0.29) is 6.17 Å². The van der Waals surface area contributed by atoms with Gasteiger partial charge in [-0.2, -0.15) is 0 Å². The molecule has 1 unspecified atom stereocenters. The first-order valence-corrected chi connectivity index (χ1v) is 17.4. The largest absolute Gasteiger partial charge is 0.363 e. The van der Waals surface area contributed by atoms with Gasteiger partial charge in [-0.05, 0) is 98.1 Å². The maximum atomic E-state index is 5.65. The van der Waals surface area contributed by atoms with E-state index in [1.54, 1.807) is 6.08 Å². The molecule has 3 heteroatoms. The maximum Gasteiger partial charge on any atom is 0.130 e. The normalized spacial score (nSPS) is 16.8. The smallest absolute Gasteiger partial charge is 0.130 e. The summed E-state index contributed by atoms with van der Waals surface area (Å²) in [7, 11) is 0. The number of aliphatic imine (C=N–C) groups is 1. The molecule has 0 bridgehead atoms. The molecule has 244 valence electrons. The first kappa shape index (κ1) is 33.3. The molecule has 2 aliphatic rings. The van der Waals surface area contributed by atoms with E-state index in [0.29, 0.717) is 0 Å². The Balaban J connectivity index is 1.43. The van der Waals surface area contributed by atoms with Crippen LogP contribution in [0, 0.1) is 19.3 Å². The summed E-state index contributed by atoms with van der Waals surface area (Å²) in [5.74, 6) is 2.67. The Morgan fingerprint density at radius 1 is 0.918 bits per heavy atom. The summed E-state index contributed by atoms with van der Waals surface area (Å²) < 4.78 is 0. The van der Waals surface area contributed by atoms with Gasteiger partial charge in [-0.25, -0.2) is 0 Å². The van der Waals surface area contributed by atoms with E-state index in [0.717, 1.165) is 60.2 Å². The van der Waals surface area contributed by atoms with Crippen molar-refractivity contribution in [2.45, 2.75) is 59.0 Å². The van der Waals surface area contributed by atoms with Gasteiger partial charge in [0.15, 0.2) is 0 Å². The molecule has 0 amide bonds. The minimum atomic E-state index is 0.00994. The van der Waals surface area contributed by atoms with Crippen molar-refractivity contribution in [1.29, 1.82) is 0 Å². The lowest BCUT2D eigenvalue weighted by Crippen LogP contribution is -2.28. The summed E-state index contributed by atoms with van der Waals surface area (Å²) >= 11 is 0. The summed E-state index contributed by atoms with van der Waals surface area (Å²) in [6.07, 6.45) is 20.8. The SMILES string of the molecule is C#C\C=C/C=C(CCc1ccc(C)cc1)/C(=C(\CC)N=C(C)c1ccccc1)c1ccc(C2NC3=C(C=CCC3)N2c2ccccc2)cc1. The van der Waals surface area contributed by atoms with E-state index in [9.17, 15) is 0 Å². The van der Waals surface area contributed by atoms with E-state index in [2.05, 4.69) is 158 Å². The monoisotopic (exact) mass is 639 g/mol. The average molecular weight is 640 g/mol. The zero-order valence-corrected chi connectivity index (χ0v) is 28.9. The Morgan fingerprint density at radius 2 is 1.63 bits per heavy atom. The third kappa shape index (κ3) is 7.94. The third-order valence-electron chi connectivity index (χ3n) is 9.26. The van der Waals surface area contributed by atoms with E-state index in [1.807, 2.05) is 12.1 Å². The molecule has 1 aliphatic carbocycles. The van der Waals surface area contributed by atoms with Gasteiger partial charge in [0.05, 0.1) is 5.70 Å². The number of anilines is 1. The van der Waals surface area contributed by atoms with Crippen molar-refractivity contribution in [3.05, 3.63) is 190 Å². The van der Waals surface area contributed by atoms with Crippen LogP contribution in [0.4, 0.5) is 5.69 Å². The van der Waals surface area contributed by atoms with Crippen molar-refractivity contribution >= 4 is 17.0 Å². The fourth-order valence-electron chi connectivity index (χ4n) is 6.67. The molecule has 0 aromatic heterocycles. The molecule has 0 radical (unpaired) electrons. The standard InChI is InChI=1S/C46H45N3/c1-5-7-10-19-38(29-28-36-26-24-34(3)25-27-36)45(42(6-2)47-35(4)37-17-11-8-12-18-37)39-30-32-40(33-31-39)46-48-43-22-15-16-23-44(43)49(46)41-20-13-9-14-21-41/h1,7-14,16-21,23-27,30-33,46,48H,6,15,22,28-29H2,2-4H3/b10-7-,38-19+,45-42-,47-35?. The number of para-hydroxylation sites is 1. The van der Waals surface area contributed by atoms with Crippen LogP contribution in [-0.4, -0.2) is 5.71 Å². The first-order valence-electron chi connectivity index (χ1n) is 17.4. The lowest BCUT2D eigenvalue weighted by Gasteiger charge is -2.29. The second-order valence-electron chi connectivity index (χ2n) is 12.6. The molecule has 0 spiro atoms. The molecule has 0 saturated carbocycles. The fourth-order valence-corrected chi connectivity index (χ4v) is 6.67. The molecule has 4 aromatic rings. The van der Waals surface area contributed by atoms with Gasteiger partial charge in [0.2, 0.25) is 0 Å². The number of nitrogens with zero attached hydrogens (tertiary/aromatic N) is 2. The zero-order valence-electron chi connectivity index (χ0n) is 28.9. The highest BCUT2D eigenvalue weighted by atomic mass is 15.3. The highest BCUT2D eigenvalue weighted by molar-refractivity contribution is 6.00. The van der Waals surface area contributed by atoms with Crippen LogP contribution in [0.5, 0.6) is 0 Å². The predicted octanol–water partition coefficient (Wildman–Crippen LogP) is 11.0. The highest BCUT2D eigenvalue weighted by Gasteiger charge is 2.33. The molecule has 3 nitrogen and oxygen atoms in total. The summed E-state index contributed by atoms with van der Waals surface area (Å²) in [6.45, 7) is 6.43. The number of terminal acetylenes is 1. The van der Waals surface area contributed by atoms with Crippen LogP contribution in [0.1, 0.15) is 73.5 Å². The molecular weight excluding hydrogens is 595 g/mol. The summed E-state index contributed by atoms with van der Waals surface area (Å²) in [4.78, 5) is 7.74. The van der Waals surface area contributed by atoms with Crippen LogP contribution < -0.4 is 10.2 Å². The van der Waals surface area contributed by atoms with Gasteiger partial charge in [-0.3, -0.25) is 4.99 Å². The molecule has 1 N–H and O–H groups in total. The molecule has 6 rings (SSSR count). The molecule has 0 fully saturated rings. The molecule has 0 saturated heterocycles. The Labute approximate surface area is 292 Å². The number of nitrogens with one attached hydrogen (secondary N) is 1.